The first-order chi connectivity index (χ1) is 14.3. The van der Waals surface area contributed by atoms with Gasteiger partial charge in [0, 0.05) is 10.4 Å². The fourth-order valence-electron chi connectivity index (χ4n) is 2.83. The highest BCUT2D eigenvalue weighted by atomic mass is 127. The van der Waals surface area contributed by atoms with Crippen LogP contribution in [0.4, 0.5) is 0 Å². The van der Waals surface area contributed by atoms with Crippen molar-refractivity contribution in [3.63, 3.8) is 0 Å². The molecule has 9 heteroatoms. The molecule has 154 valence electrons. The number of nitrogens with zero attached hydrogens (tertiary/aromatic N) is 4. The summed E-state index contributed by atoms with van der Waals surface area (Å²) in [6.45, 7) is 3.85. The van der Waals surface area contributed by atoms with Crippen LogP contribution in [0.15, 0.2) is 44.7 Å². The summed E-state index contributed by atoms with van der Waals surface area (Å²) in [7, 11) is 1.53. The molecule has 0 saturated heterocycles. The summed E-state index contributed by atoms with van der Waals surface area (Å²) < 4.78 is 13.7. The Bertz CT molecular complexity index is 1230. The molecule has 7 nitrogen and oxygen atoms in total. The number of fused-ring (bicyclic) bond motifs is 1. The molecule has 1 aromatic heterocycles. The Kier molecular flexibility index (Phi) is 7.10. The predicted octanol–water partition coefficient (Wildman–Crippen LogP) is 4.68. The lowest BCUT2D eigenvalue weighted by molar-refractivity contribution is 0.327. The number of halogens is 2. The van der Waals surface area contributed by atoms with E-state index in [1.807, 2.05) is 38.1 Å². The zero-order valence-electron chi connectivity index (χ0n) is 16.5. The summed E-state index contributed by atoms with van der Waals surface area (Å²) in [5.74, 6) is 1.55. The molecular formula is C21H18BrIN4O3. The van der Waals surface area contributed by atoms with Crippen LogP contribution in [0.3, 0.4) is 0 Å². The van der Waals surface area contributed by atoms with Gasteiger partial charge < -0.3 is 9.47 Å². The second-order valence-corrected chi connectivity index (χ2v) is 8.71. The topological polar surface area (TPSA) is 89.5 Å². The van der Waals surface area contributed by atoms with Gasteiger partial charge in [-0.2, -0.15) is 15.0 Å². The average molecular weight is 581 g/mol. The molecule has 3 rings (SSSR count). The first kappa shape index (κ1) is 22.2. The number of ether oxygens (including phenoxy) is 2. The number of benzene rings is 2. The predicted molar refractivity (Wildman–Crippen MR) is 128 cm³/mol. The standard InChI is InChI=1S/C21H18BrIN4O3/c1-12(2)20-26-17-5-4-14(22)10-15(17)21(28)27(20)25-11-13-8-16(23)19(30-7-6-24)18(9-13)29-3/h4-5,8-12H,7H2,1-3H3. The maximum absolute atomic E-state index is 13.1. The van der Waals surface area contributed by atoms with Crippen LogP contribution in [-0.2, 0) is 0 Å². The van der Waals surface area contributed by atoms with E-state index < -0.39 is 0 Å². The van der Waals surface area contributed by atoms with Crippen LogP contribution in [0.1, 0.15) is 31.2 Å². The highest BCUT2D eigenvalue weighted by Crippen LogP contribution is 2.33. The first-order valence-corrected chi connectivity index (χ1v) is 10.9. The molecule has 2 aromatic carbocycles. The Morgan fingerprint density at radius 1 is 1.37 bits per heavy atom. The molecule has 0 aliphatic heterocycles. The first-order valence-electron chi connectivity index (χ1n) is 8.99. The molecule has 0 atom stereocenters. The second kappa shape index (κ2) is 9.57. The zero-order valence-corrected chi connectivity index (χ0v) is 20.3. The number of methoxy groups -OCH3 is 1. The minimum Gasteiger partial charge on any atom is -0.493 e. The van der Waals surface area contributed by atoms with Crippen molar-refractivity contribution in [3.05, 3.63) is 60.1 Å². The van der Waals surface area contributed by atoms with Gasteiger partial charge in [0.25, 0.3) is 5.56 Å². The largest absolute Gasteiger partial charge is 0.493 e. The Hall–Kier alpha value is -2.45. The SMILES string of the molecule is COc1cc(C=Nn2c(C(C)C)nc3ccc(Br)cc3c2=O)cc(I)c1OCC#N. The average Bonchev–Trinajstić information content (AvgIpc) is 2.72. The minimum atomic E-state index is -0.239. The molecule has 0 fully saturated rings. The normalized spacial score (nSPS) is 11.2. The van der Waals surface area contributed by atoms with Gasteiger partial charge in [0.2, 0.25) is 0 Å². The second-order valence-electron chi connectivity index (χ2n) is 6.63. The van der Waals surface area contributed by atoms with E-state index in [1.165, 1.54) is 11.8 Å². The van der Waals surface area contributed by atoms with Crippen LogP contribution in [0.5, 0.6) is 11.5 Å². The molecule has 0 radical (unpaired) electrons. The van der Waals surface area contributed by atoms with Gasteiger partial charge in [-0.1, -0.05) is 29.8 Å². The summed E-state index contributed by atoms with van der Waals surface area (Å²) in [6.07, 6.45) is 1.58. The van der Waals surface area contributed by atoms with Crippen molar-refractivity contribution in [2.45, 2.75) is 19.8 Å². The van der Waals surface area contributed by atoms with Gasteiger partial charge in [0.05, 0.1) is 27.8 Å². The molecule has 0 saturated carbocycles. The van der Waals surface area contributed by atoms with E-state index in [9.17, 15) is 4.79 Å². The van der Waals surface area contributed by atoms with Crippen LogP contribution in [-0.4, -0.2) is 29.6 Å². The molecule has 3 aromatic rings. The van der Waals surface area contributed by atoms with Crippen molar-refractivity contribution in [2.75, 3.05) is 13.7 Å². The molecule has 0 spiro atoms. The van der Waals surface area contributed by atoms with Crippen molar-refractivity contribution in [1.29, 1.82) is 5.26 Å². The van der Waals surface area contributed by atoms with Crippen LogP contribution < -0.4 is 15.0 Å². The third kappa shape index (κ3) is 4.65. The summed E-state index contributed by atoms with van der Waals surface area (Å²) in [6, 6.07) is 10.9. The molecular weight excluding hydrogens is 563 g/mol. The van der Waals surface area contributed by atoms with Gasteiger partial charge in [-0.3, -0.25) is 4.79 Å². The quantitative estimate of drug-likeness (QED) is 0.312. The van der Waals surface area contributed by atoms with Gasteiger partial charge >= 0.3 is 0 Å². The van der Waals surface area contributed by atoms with Crippen molar-refractivity contribution in [2.24, 2.45) is 5.10 Å². The summed E-state index contributed by atoms with van der Waals surface area (Å²) >= 11 is 5.51. The highest BCUT2D eigenvalue weighted by Gasteiger charge is 2.15. The van der Waals surface area contributed by atoms with Crippen molar-refractivity contribution in [3.8, 4) is 17.6 Å². The fraction of sp³-hybridized carbons (Fsp3) is 0.238. The lowest BCUT2D eigenvalue weighted by Gasteiger charge is -2.13. The van der Waals surface area contributed by atoms with Crippen LogP contribution >= 0.6 is 38.5 Å². The van der Waals surface area contributed by atoms with Crippen molar-refractivity contribution in [1.82, 2.24) is 9.66 Å². The van der Waals surface area contributed by atoms with Gasteiger partial charge in [0.15, 0.2) is 18.1 Å². The Balaban J connectivity index is 2.10. The van der Waals surface area contributed by atoms with Gasteiger partial charge in [-0.25, -0.2) is 4.98 Å². The number of hydrogen-bond acceptors (Lipinski definition) is 6. The number of nitriles is 1. The fourth-order valence-corrected chi connectivity index (χ4v) is 3.98. The molecule has 0 unspecified atom stereocenters. The van der Waals surface area contributed by atoms with Crippen LogP contribution in [0.25, 0.3) is 10.9 Å². The summed E-state index contributed by atoms with van der Waals surface area (Å²) in [4.78, 5) is 17.7. The summed E-state index contributed by atoms with van der Waals surface area (Å²) in [5.41, 5.74) is 1.11. The Morgan fingerprint density at radius 2 is 2.13 bits per heavy atom. The van der Waals surface area contributed by atoms with E-state index in [2.05, 4.69) is 48.6 Å². The molecule has 0 N–H and O–H groups in total. The molecule has 0 aliphatic carbocycles. The Morgan fingerprint density at radius 3 is 2.80 bits per heavy atom. The summed E-state index contributed by atoms with van der Waals surface area (Å²) in [5, 5.41) is 13.7. The maximum atomic E-state index is 13.1. The third-order valence-electron chi connectivity index (χ3n) is 4.20. The van der Waals surface area contributed by atoms with E-state index in [0.717, 1.165) is 13.6 Å². The third-order valence-corrected chi connectivity index (χ3v) is 5.50. The highest BCUT2D eigenvalue weighted by molar-refractivity contribution is 14.1. The zero-order chi connectivity index (χ0) is 21.8. The van der Waals surface area contributed by atoms with E-state index in [4.69, 9.17) is 14.7 Å². The molecule has 0 bridgehead atoms. The number of aromatic nitrogens is 2. The number of hydrogen-bond donors (Lipinski definition) is 0. The molecule has 0 aliphatic rings. The van der Waals surface area contributed by atoms with Crippen molar-refractivity contribution >= 4 is 55.6 Å². The van der Waals surface area contributed by atoms with E-state index in [1.54, 1.807) is 18.3 Å². The van der Waals surface area contributed by atoms with Crippen molar-refractivity contribution < 1.29 is 9.47 Å². The van der Waals surface area contributed by atoms with E-state index in [-0.39, 0.29) is 18.1 Å². The maximum Gasteiger partial charge on any atom is 0.282 e. The van der Waals surface area contributed by atoms with Gasteiger partial charge in [-0.05, 0) is 58.5 Å². The van der Waals surface area contributed by atoms with Gasteiger partial charge in [0.1, 0.15) is 11.9 Å². The van der Waals surface area contributed by atoms with E-state index in [0.29, 0.717) is 28.2 Å². The Labute approximate surface area is 195 Å². The van der Waals surface area contributed by atoms with E-state index >= 15 is 0 Å². The van der Waals surface area contributed by atoms with Crippen LogP contribution in [0.2, 0.25) is 0 Å². The molecule has 30 heavy (non-hydrogen) atoms. The van der Waals surface area contributed by atoms with Crippen LogP contribution in [0, 0.1) is 14.9 Å². The monoisotopic (exact) mass is 580 g/mol. The lowest BCUT2D eigenvalue weighted by Crippen LogP contribution is -2.23. The van der Waals surface area contributed by atoms with Gasteiger partial charge in [-0.15, -0.1) is 0 Å². The lowest BCUT2D eigenvalue weighted by atomic mass is 10.2. The number of rotatable bonds is 6. The minimum absolute atomic E-state index is 0.000623. The molecule has 1 heterocycles. The molecule has 0 amide bonds. The smallest absolute Gasteiger partial charge is 0.282 e.